The number of thioether (sulfide) groups is 2. The number of ether oxygens (including phenoxy) is 3. The van der Waals surface area contributed by atoms with Gasteiger partial charge < -0.3 is 44.0 Å². The Kier molecular flexibility index (Phi) is 17.6. The second-order valence-corrected chi connectivity index (χ2v) is 27.4. The highest BCUT2D eigenvalue weighted by atomic mass is 32.2. The zero-order chi connectivity index (χ0) is 51.6. The van der Waals surface area contributed by atoms with Crippen LogP contribution in [0.15, 0.2) is 89.3 Å². The molecule has 7 heterocycles. The molecule has 0 atom stereocenters. The van der Waals surface area contributed by atoms with Crippen LogP contribution in [-0.4, -0.2) is 144 Å². The fourth-order valence-corrected chi connectivity index (χ4v) is 11.2. The van der Waals surface area contributed by atoms with Crippen LogP contribution in [0, 0.1) is 6.92 Å². The summed E-state index contributed by atoms with van der Waals surface area (Å²) in [6.45, 7) is 19.8. The maximum Gasteiger partial charge on any atom is 0.410 e. The molecule has 2 fully saturated rings. The second kappa shape index (κ2) is 24.6. The molecule has 0 unspecified atom stereocenters. The van der Waals surface area contributed by atoms with Crippen LogP contribution in [0.1, 0.15) is 39.2 Å². The van der Waals surface area contributed by atoms with Crippen molar-refractivity contribution < 1.29 is 23.8 Å². The zero-order valence-corrected chi connectivity index (χ0v) is 46.4. The Morgan fingerprint density at radius 2 is 1.22 bits per heavy atom. The quantitative estimate of drug-likeness (QED) is 0.0479. The lowest BCUT2D eigenvalue weighted by molar-refractivity contribution is 0.0817. The highest BCUT2D eigenvalue weighted by Crippen LogP contribution is 2.37. The number of hydrogen-bond acceptors (Lipinski definition) is 16. The first kappa shape index (κ1) is 52.9. The molecule has 3 aromatic carbocycles. The molecule has 74 heavy (non-hydrogen) atoms. The van der Waals surface area contributed by atoms with Gasteiger partial charge in [-0.3, -0.25) is 0 Å². The smallest absolute Gasteiger partial charge is 0.410 e. The number of nitrogens with zero attached hydrogens (tertiary/aromatic N) is 11. The van der Waals surface area contributed by atoms with Gasteiger partial charge in [0.1, 0.15) is 31.6 Å². The molecule has 6 aromatic rings. The first-order valence-corrected chi connectivity index (χ1v) is 31.9. The lowest BCUT2D eigenvalue weighted by Crippen LogP contribution is -2.49. The minimum absolute atomic E-state index is 0.248. The summed E-state index contributed by atoms with van der Waals surface area (Å²) < 4.78 is 19.1. The third kappa shape index (κ3) is 13.1. The van der Waals surface area contributed by atoms with E-state index in [-0.39, 0.29) is 18.8 Å². The molecule has 0 saturated carbocycles. The highest BCUT2D eigenvalue weighted by molar-refractivity contribution is 7.98. The van der Waals surface area contributed by atoms with Crippen LogP contribution in [0.25, 0.3) is 10.9 Å². The van der Waals surface area contributed by atoms with Gasteiger partial charge >= 0.3 is 12.2 Å². The zero-order valence-electron chi connectivity index (χ0n) is 43.7. The Labute approximate surface area is 444 Å². The van der Waals surface area contributed by atoms with Crippen LogP contribution in [0.5, 0.6) is 0 Å². The van der Waals surface area contributed by atoms with Gasteiger partial charge in [-0.2, -0.15) is 5.10 Å². The molecule has 10 rings (SSSR count). The number of amides is 2. The molecule has 0 aliphatic carbocycles. The van der Waals surface area contributed by atoms with E-state index >= 15 is 0 Å². The van der Waals surface area contributed by atoms with Crippen LogP contribution in [0.2, 0.25) is 25.7 Å². The van der Waals surface area contributed by atoms with Crippen molar-refractivity contribution in [2.45, 2.75) is 88.8 Å². The number of aryl methyl sites for hydroxylation is 1. The predicted octanol–water partition coefficient (Wildman–Crippen LogP) is 8.49. The van der Waals surface area contributed by atoms with Gasteiger partial charge in [0.15, 0.2) is 10.3 Å². The molecule has 20 heteroatoms. The van der Waals surface area contributed by atoms with Gasteiger partial charge in [-0.05, 0) is 67.6 Å². The molecule has 2 amide bonds. The number of piperazine rings is 2. The maximum absolute atomic E-state index is 12.8. The predicted molar refractivity (Wildman–Crippen MR) is 297 cm³/mol. The first-order chi connectivity index (χ1) is 35.9. The summed E-state index contributed by atoms with van der Waals surface area (Å²) in [6, 6.07) is 25.1. The van der Waals surface area contributed by atoms with Gasteiger partial charge in [0, 0.05) is 96.6 Å². The number of aromatic nitrogens is 6. The van der Waals surface area contributed by atoms with Gasteiger partial charge in [0.05, 0.1) is 35.3 Å². The molecule has 392 valence electrons. The van der Waals surface area contributed by atoms with Crippen molar-refractivity contribution in [2.24, 2.45) is 0 Å². The van der Waals surface area contributed by atoms with Gasteiger partial charge in [-0.15, -0.1) is 0 Å². The summed E-state index contributed by atoms with van der Waals surface area (Å²) >= 11 is 3.14. The standard InChI is InChI=1S/C34H45N7O3SSi.C20H25N5O2S/c1-25-11-12-30-28(21-35-41(30)24-43-19-20-46(3,4)5)31(25)40-14-13-27-29(22-40)36-33(45-2)37-32(27)38-15-17-39(18-16-38)34(42)44-23-26-9-7-6-8-10-26;1-28-19-22-17-13-21-8-7-16(17)18(23-19)24-9-11-25(12-10-24)20(26)27-14-15-5-3-2-4-6-15/h6-12,21H,13-20,22-24H2,1-5H3;2-6,21H,7-14H2,1H3. The van der Waals surface area contributed by atoms with Crippen molar-refractivity contribution in [2.75, 3.05) is 99.3 Å². The van der Waals surface area contributed by atoms with E-state index in [2.05, 4.69) is 63.7 Å². The number of nitrogens with one attached hydrogen (secondary N) is 1. The third-order valence-corrected chi connectivity index (χ3v) is 16.7. The van der Waals surface area contributed by atoms with E-state index in [9.17, 15) is 9.59 Å². The van der Waals surface area contributed by atoms with Crippen LogP contribution < -0.4 is 20.0 Å². The Balaban J connectivity index is 0.000000205. The van der Waals surface area contributed by atoms with Crippen molar-refractivity contribution in [3.8, 4) is 0 Å². The van der Waals surface area contributed by atoms with Crippen molar-refractivity contribution >= 4 is 72.0 Å². The summed E-state index contributed by atoms with van der Waals surface area (Å²) in [7, 11) is -1.14. The SMILES string of the molecule is CSc1nc2c(c(N3CCN(C(=O)OCc4ccccc4)CC3)n1)CCN(c1c(C)ccc3c1cnn3COCC[Si](C)(C)C)C2.CSc1nc2c(c(N3CCN(C(=O)OCc4ccccc4)CC3)n1)CCNC2. The number of fused-ring (bicyclic) bond motifs is 3. The molecule has 4 aliphatic rings. The fraction of sp³-hybridized carbons (Fsp3) is 0.463. The molecule has 0 spiro atoms. The third-order valence-electron chi connectivity index (χ3n) is 13.9. The van der Waals surface area contributed by atoms with Crippen LogP contribution in [-0.2, 0) is 60.1 Å². The van der Waals surface area contributed by atoms with Gasteiger partial charge in [0.25, 0.3) is 0 Å². The van der Waals surface area contributed by atoms with Gasteiger partial charge in [-0.25, -0.2) is 34.2 Å². The van der Waals surface area contributed by atoms with E-state index in [1.165, 1.54) is 22.4 Å². The molecule has 3 aromatic heterocycles. The number of carbonyl (C=O) groups excluding carboxylic acids is 2. The van der Waals surface area contributed by atoms with Crippen LogP contribution >= 0.6 is 23.5 Å². The highest BCUT2D eigenvalue weighted by Gasteiger charge is 2.31. The van der Waals surface area contributed by atoms with Crippen molar-refractivity contribution in [3.05, 3.63) is 118 Å². The average molecular weight is 1060 g/mol. The Bertz CT molecular complexity index is 2860. The van der Waals surface area contributed by atoms with Gasteiger partial charge in [0.2, 0.25) is 0 Å². The van der Waals surface area contributed by atoms with Crippen LogP contribution in [0.3, 0.4) is 0 Å². The monoisotopic (exact) mass is 1060 g/mol. The minimum atomic E-state index is -1.14. The van der Waals surface area contributed by atoms with Crippen LogP contribution in [0.4, 0.5) is 26.9 Å². The summed E-state index contributed by atoms with van der Waals surface area (Å²) in [5.74, 6) is 2.04. The van der Waals surface area contributed by atoms with E-state index in [0.29, 0.717) is 59.2 Å². The molecule has 2 saturated heterocycles. The number of rotatable bonds is 14. The summed E-state index contributed by atoms with van der Waals surface area (Å²) in [4.78, 5) is 55.2. The summed E-state index contributed by atoms with van der Waals surface area (Å²) in [5, 5.41) is 10.8. The second-order valence-electron chi connectivity index (χ2n) is 20.2. The normalized spacial score (nSPS) is 15.8. The topological polar surface area (TPSA) is 159 Å². The largest absolute Gasteiger partial charge is 0.445 e. The lowest BCUT2D eigenvalue weighted by atomic mass is 10.0. The van der Waals surface area contributed by atoms with Crippen molar-refractivity contribution in [1.82, 2.24) is 44.8 Å². The van der Waals surface area contributed by atoms with Crippen molar-refractivity contribution in [1.29, 1.82) is 0 Å². The molecule has 1 N–H and O–H groups in total. The minimum Gasteiger partial charge on any atom is -0.445 e. The van der Waals surface area contributed by atoms with E-state index in [0.717, 1.165) is 114 Å². The van der Waals surface area contributed by atoms with Crippen molar-refractivity contribution in [3.63, 3.8) is 0 Å². The van der Waals surface area contributed by atoms with E-state index in [1.807, 2.05) is 84.1 Å². The molecule has 0 radical (unpaired) electrons. The maximum atomic E-state index is 12.8. The number of anilines is 3. The summed E-state index contributed by atoms with van der Waals surface area (Å²) in [5.41, 5.74) is 10.2. The first-order valence-electron chi connectivity index (χ1n) is 25.7. The van der Waals surface area contributed by atoms with E-state index in [1.54, 1.807) is 33.3 Å². The molecular weight excluding hydrogens is 989 g/mol. The molecule has 17 nitrogen and oxygen atoms in total. The Hall–Kier alpha value is -5.93. The van der Waals surface area contributed by atoms with E-state index < -0.39 is 8.07 Å². The fourth-order valence-electron chi connectivity index (χ4n) is 9.73. The number of carbonyl (C=O) groups is 2. The van der Waals surface area contributed by atoms with E-state index in [4.69, 9.17) is 34.3 Å². The lowest BCUT2D eigenvalue weighted by Gasteiger charge is -2.38. The molecule has 4 aliphatic heterocycles. The Morgan fingerprint density at radius 1 is 0.662 bits per heavy atom. The average Bonchev–Trinajstić information content (AvgIpc) is 3.85. The number of benzene rings is 3. The molecule has 0 bridgehead atoms. The van der Waals surface area contributed by atoms with Gasteiger partial charge in [-0.1, -0.05) is 110 Å². The molecular formula is C54H70N12O5S2Si. The Morgan fingerprint density at radius 3 is 1.77 bits per heavy atom. The summed E-state index contributed by atoms with van der Waals surface area (Å²) in [6.07, 6.45) is 7.29. The number of hydrogen-bond donors (Lipinski definition) is 1.